The van der Waals surface area contributed by atoms with Gasteiger partial charge >= 0.3 is 0 Å². The fraction of sp³-hybridized carbons (Fsp3) is 0.0667. The fourth-order valence-electron chi connectivity index (χ4n) is 1.99. The number of amides is 1. The van der Waals surface area contributed by atoms with E-state index in [9.17, 15) is 4.79 Å². The third-order valence-electron chi connectivity index (χ3n) is 2.97. The van der Waals surface area contributed by atoms with E-state index >= 15 is 0 Å². The normalized spacial score (nSPS) is 17.2. The second-order valence-corrected chi connectivity index (χ2v) is 5.99. The molecule has 2 aromatic rings. The topological polar surface area (TPSA) is 33.5 Å². The van der Waals surface area contributed by atoms with Gasteiger partial charge in [-0.1, -0.05) is 42.2 Å². The van der Waals surface area contributed by atoms with Gasteiger partial charge in [-0.2, -0.15) is 0 Å². The molecule has 0 radical (unpaired) electrons. The van der Waals surface area contributed by atoms with Crippen LogP contribution in [0, 0.1) is 6.92 Å². The summed E-state index contributed by atoms with van der Waals surface area (Å²) in [6.07, 6.45) is 3.30. The van der Waals surface area contributed by atoms with E-state index in [1.54, 1.807) is 29.4 Å². The van der Waals surface area contributed by atoms with Crippen molar-refractivity contribution in [2.45, 2.75) is 6.92 Å². The Morgan fingerprint density at radius 2 is 2.05 bits per heavy atom. The van der Waals surface area contributed by atoms with Crippen molar-refractivity contribution in [1.82, 2.24) is 0 Å². The van der Waals surface area contributed by atoms with Crippen LogP contribution in [0.25, 0.3) is 6.08 Å². The molecule has 5 heteroatoms. The van der Waals surface area contributed by atoms with Gasteiger partial charge in [0.2, 0.25) is 0 Å². The van der Waals surface area contributed by atoms with Gasteiger partial charge in [-0.05, 0) is 30.7 Å². The summed E-state index contributed by atoms with van der Waals surface area (Å²) >= 11 is 6.62. The quantitative estimate of drug-likeness (QED) is 0.620. The van der Waals surface area contributed by atoms with Crippen LogP contribution in [0.1, 0.15) is 11.3 Å². The van der Waals surface area contributed by atoms with Crippen LogP contribution in [0.2, 0.25) is 0 Å². The lowest BCUT2D eigenvalue weighted by Crippen LogP contribution is -2.28. The predicted octanol–water partition coefficient (Wildman–Crippen LogP) is 3.99. The maximum atomic E-state index is 12.5. The number of nitrogens with zero attached hydrogens (tertiary/aromatic N) is 1. The Kier molecular flexibility index (Phi) is 3.46. The molecule has 100 valence electrons. The molecule has 0 bridgehead atoms. The fourth-order valence-corrected chi connectivity index (χ4v) is 3.26. The van der Waals surface area contributed by atoms with Crippen molar-refractivity contribution in [1.29, 1.82) is 0 Å². The number of thiocarbonyl (C=S) groups is 1. The Hall–Kier alpha value is -1.85. The van der Waals surface area contributed by atoms with Gasteiger partial charge in [0.1, 0.15) is 5.76 Å². The highest BCUT2D eigenvalue weighted by Crippen LogP contribution is 2.37. The first-order valence-electron chi connectivity index (χ1n) is 6.04. The zero-order chi connectivity index (χ0) is 14.1. The minimum Gasteiger partial charge on any atom is -0.465 e. The number of benzene rings is 1. The summed E-state index contributed by atoms with van der Waals surface area (Å²) in [5, 5.41) is 0. The maximum Gasteiger partial charge on any atom is 0.270 e. The van der Waals surface area contributed by atoms with Crippen molar-refractivity contribution in [3.8, 4) is 0 Å². The second-order valence-electron chi connectivity index (χ2n) is 4.32. The number of rotatable bonds is 2. The summed E-state index contributed by atoms with van der Waals surface area (Å²) in [5.74, 6) is 0.543. The van der Waals surface area contributed by atoms with Crippen LogP contribution in [0.15, 0.2) is 52.0 Å². The summed E-state index contributed by atoms with van der Waals surface area (Å²) in [6, 6.07) is 11.3. The zero-order valence-electron chi connectivity index (χ0n) is 10.7. The molecular weight excluding hydrogens is 290 g/mol. The van der Waals surface area contributed by atoms with Gasteiger partial charge < -0.3 is 4.42 Å². The summed E-state index contributed by atoms with van der Waals surface area (Å²) in [6.45, 7) is 1.96. The van der Waals surface area contributed by atoms with E-state index in [4.69, 9.17) is 16.6 Å². The minimum atomic E-state index is -0.106. The van der Waals surface area contributed by atoms with E-state index in [2.05, 4.69) is 0 Å². The third-order valence-corrected chi connectivity index (χ3v) is 4.27. The van der Waals surface area contributed by atoms with Crippen LogP contribution >= 0.6 is 24.0 Å². The average Bonchev–Trinajstić information content (AvgIpc) is 3.01. The van der Waals surface area contributed by atoms with Gasteiger partial charge in [0, 0.05) is 6.08 Å². The number of anilines is 1. The zero-order valence-corrected chi connectivity index (χ0v) is 12.3. The third kappa shape index (κ3) is 2.30. The molecule has 3 rings (SSSR count). The lowest BCUT2D eigenvalue weighted by atomic mass is 10.2. The SMILES string of the molecule is Cc1ccccc1N1C(=O)/C(=C\c2ccco2)SC1=S. The van der Waals surface area contributed by atoms with E-state index in [1.807, 2.05) is 31.2 Å². The van der Waals surface area contributed by atoms with Gasteiger partial charge in [0.25, 0.3) is 5.91 Å². The van der Waals surface area contributed by atoms with Gasteiger partial charge in [-0.3, -0.25) is 9.69 Å². The first-order chi connectivity index (χ1) is 9.66. The first-order valence-corrected chi connectivity index (χ1v) is 7.26. The Balaban J connectivity index is 1.98. The molecule has 1 aromatic carbocycles. The molecule has 1 amide bonds. The molecule has 0 atom stereocenters. The number of hydrogen-bond acceptors (Lipinski definition) is 4. The number of aryl methyl sites for hydroxylation is 1. The molecule has 0 unspecified atom stereocenters. The lowest BCUT2D eigenvalue weighted by molar-refractivity contribution is -0.113. The molecule has 0 aliphatic carbocycles. The Morgan fingerprint density at radius 3 is 2.75 bits per heavy atom. The Morgan fingerprint density at radius 1 is 1.25 bits per heavy atom. The number of thioether (sulfide) groups is 1. The first kappa shape index (κ1) is 13.1. The minimum absolute atomic E-state index is 0.106. The average molecular weight is 301 g/mol. The molecule has 20 heavy (non-hydrogen) atoms. The molecule has 1 aliphatic rings. The van der Waals surface area contributed by atoms with Crippen molar-refractivity contribution < 1.29 is 9.21 Å². The monoisotopic (exact) mass is 301 g/mol. The van der Waals surface area contributed by atoms with Gasteiger partial charge in [0.05, 0.1) is 16.9 Å². The van der Waals surface area contributed by atoms with Crippen molar-refractivity contribution in [3.63, 3.8) is 0 Å². The van der Waals surface area contributed by atoms with E-state index in [0.717, 1.165) is 11.3 Å². The molecule has 0 N–H and O–H groups in total. The molecule has 2 heterocycles. The smallest absolute Gasteiger partial charge is 0.270 e. The highest BCUT2D eigenvalue weighted by molar-refractivity contribution is 8.27. The van der Waals surface area contributed by atoms with Crippen LogP contribution in [0.5, 0.6) is 0 Å². The summed E-state index contributed by atoms with van der Waals surface area (Å²) in [4.78, 5) is 14.7. The van der Waals surface area contributed by atoms with Crippen molar-refractivity contribution in [2.24, 2.45) is 0 Å². The molecule has 1 saturated heterocycles. The number of carbonyl (C=O) groups excluding carboxylic acids is 1. The number of carbonyl (C=O) groups is 1. The number of hydrogen-bond donors (Lipinski definition) is 0. The number of furan rings is 1. The molecule has 1 fully saturated rings. The van der Waals surface area contributed by atoms with Crippen molar-refractivity contribution in [3.05, 3.63) is 58.9 Å². The van der Waals surface area contributed by atoms with Crippen LogP contribution in [0.4, 0.5) is 5.69 Å². The van der Waals surface area contributed by atoms with Crippen LogP contribution < -0.4 is 4.90 Å². The lowest BCUT2D eigenvalue weighted by Gasteiger charge is -2.16. The Bertz CT molecular complexity index is 704. The Labute approximate surface area is 126 Å². The molecule has 1 aliphatic heterocycles. The van der Waals surface area contributed by atoms with Crippen molar-refractivity contribution >= 4 is 46.0 Å². The van der Waals surface area contributed by atoms with E-state index < -0.39 is 0 Å². The van der Waals surface area contributed by atoms with E-state index in [-0.39, 0.29) is 5.91 Å². The van der Waals surface area contributed by atoms with Gasteiger partial charge in [0.15, 0.2) is 4.32 Å². The van der Waals surface area contributed by atoms with Gasteiger partial charge in [-0.25, -0.2) is 0 Å². The molecule has 3 nitrogen and oxygen atoms in total. The molecule has 1 aromatic heterocycles. The predicted molar refractivity (Wildman–Crippen MR) is 85.5 cm³/mol. The van der Waals surface area contributed by atoms with Crippen LogP contribution in [-0.2, 0) is 4.79 Å². The standard InChI is InChI=1S/C15H11NO2S2/c1-10-5-2-3-7-12(10)16-14(17)13(20-15(16)19)9-11-6-4-8-18-11/h2-9H,1H3/b13-9+. The maximum absolute atomic E-state index is 12.5. The summed E-state index contributed by atoms with van der Waals surface area (Å²) in [5.41, 5.74) is 1.85. The molecule has 0 spiro atoms. The van der Waals surface area contributed by atoms with E-state index in [0.29, 0.717) is 15.0 Å². The summed E-state index contributed by atoms with van der Waals surface area (Å²) in [7, 11) is 0. The highest BCUT2D eigenvalue weighted by Gasteiger charge is 2.34. The van der Waals surface area contributed by atoms with E-state index in [1.165, 1.54) is 11.8 Å². The van der Waals surface area contributed by atoms with Gasteiger partial charge in [-0.15, -0.1) is 0 Å². The molecule has 0 saturated carbocycles. The number of para-hydroxylation sites is 1. The van der Waals surface area contributed by atoms with Crippen LogP contribution in [-0.4, -0.2) is 10.2 Å². The largest absolute Gasteiger partial charge is 0.465 e. The van der Waals surface area contributed by atoms with Crippen molar-refractivity contribution in [2.75, 3.05) is 4.90 Å². The highest BCUT2D eigenvalue weighted by atomic mass is 32.2. The van der Waals surface area contributed by atoms with Crippen LogP contribution in [0.3, 0.4) is 0 Å². The molecular formula is C15H11NO2S2. The summed E-state index contributed by atoms with van der Waals surface area (Å²) < 4.78 is 5.78. The second kappa shape index (κ2) is 5.26.